The molecule has 4 nitrogen and oxygen atoms in total. The Morgan fingerprint density at radius 3 is 2.43 bits per heavy atom. The fourth-order valence-electron chi connectivity index (χ4n) is 2.96. The molecule has 0 atom stereocenters. The molecule has 0 aliphatic heterocycles. The Kier molecular flexibility index (Phi) is 3.09. The highest BCUT2D eigenvalue weighted by molar-refractivity contribution is 5.80. The number of anilines is 1. The van der Waals surface area contributed by atoms with Crippen LogP contribution in [-0.4, -0.2) is 16.5 Å². The third kappa shape index (κ3) is 2.03. The van der Waals surface area contributed by atoms with Crippen LogP contribution in [0.15, 0.2) is 30.5 Å². The second-order valence-electron chi connectivity index (χ2n) is 5.39. The van der Waals surface area contributed by atoms with Crippen LogP contribution in [-0.2, 0) is 0 Å². The maximum atomic E-state index is 6.32. The molecule has 108 valence electrons. The Bertz CT molecular complexity index is 810. The highest BCUT2D eigenvalue weighted by atomic mass is 16.5. The molecule has 0 saturated heterocycles. The average Bonchev–Trinajstić information content (AvgIpc) is 2.75. The molecule has 21 heavy (non-hydrogen) atoms. The topological polar surface area (TPSA) is 52.5 Å². The van der Waals surface area contributed by atoms with Crippen LogP contribution in [0.1, 0.15) is 16.7 Å². The van der Waals surface area contributed by atoms with Crippen molar-refractivity contribution in [3.05, 3.63) is 47.2 Å². The lowest BCUT2D eigenvalue weighted by Gasteiger charge is -2.09. The number of benzene rings is 1. The van der Waals surface area contributed by atoms with Gasteiger partial charge in [-0.05, 0) is 44.0 Å². The summed E-state index contributed by atoms with van der Waals surface area (Å²) in [6.07, 6.45) is 1.91. The van der Waals surface area contributed by atoms with E-state index in [1.54, 1.807) is 7.11 Å². The Labute approximate surface area is 124 Å². The van der Waals surface area contributed by atoms with Gasteiger partial charge >= 0.3 is 0 Å². The second kappa shape index (κ2) is 4.81. The summed E-state index contributed by atoms with van der Waals surface area (Å²) < 4.78 is 7.24. The first-order chi connectivity index (χ1) is 10.0. The molecule has 0 amide bonds. The zero-order valence-electron chi connectivity index (χ0n) is 12.8. The number of aromatic nitrogens is 2. The summed E-state index contributed by atoms with van der Waals surface area (Å²) in [5.41, 5.74) is 12.6. The van der Waals surface area contributed by atoms with Crippen LogP contribution in [0.25, 0.3) is 16.9 Å². The minimum atomic E-state index is 0.638. The van der Waals surface area contributed by atoms with Gasteiger partial charge in [0.15, 0.2) is 11.4 Å². The van der Waals surface area contributed by atoms with Gasteiger partial charge in [-0.25, -0.2) is 4.98 Å². The third-order valence-electron chi connectivity index (χ3n) is 3.78. The zero-order chi connectivity index (χ0) is 15.1. The maximum Gasteiger partial charge on any atom is 0.181 e. The van der Waals surface area contributed by atoms with E-state index >= 15 is 0 Å². The van der Waals surface area contributed by atoms with Crippen LogP contribution in [0.4, 0.5) is 5.82 Å². The maximum absolute atomic E-state index is 6.32. The molecule has 0 bridgehead atoms. The molecule has 0 fully saturated rings. The molecule has 0 radical (unpaired) electrons. The van der Waals surface area contributed by atoms with Gasteiger partial charge in [0.2, 0.25) is 0 Å². The Morgan fingerprint density at radius 2 is 1.81 bits per heavy atom. The van der Waals surface area contributed by atoms with E-state index in [1.165, 1.54) is 16.7 Å². The normalized spacial score (nSPS) is 11.0. The third-order valence-corrected chi connectivity index (χ3v) is 3.78. The number of fused-ring (bicyclic) bond motifs is 1. The first-order valence-electron chi connectivity index (χ1n) is 6.91. The van der Waals surface area contributed by atoms with E-state index in [2.05, 4.69) is 32.9 Å². The van der Waals surface area contributed by atoms with Gasteiger partial charge in [0.1, 0.15) is 11.5 Å². The Hall–Kier alpha value is -2.49. The van der Waals surface area contributed by atoms with Crippen molar-refractivity contribution in [2.75, 3.05) is 12.8 Å². The fraction of sp³-hybridized carbons (Fsp3) is 0.235. The van der Waals surface area contributed by atoms with Crippen LogP contribution >= 0.6 is 0 Å². The van der Waals surface area contributed by atoms with Crippen molar-refractivity contribution in [1.82, 2.24) is 9.38 Å². The summed E-state index contributed by atoms with van der Waals surface area (Å²) >= 11 is 0. The quantitative estimate of drug-likeness (QED) is 0.782. The molecule has 0 spiro atoms. The summed E-state index contributed by atoms with van der Waals surface area (Å²) in [5.74, 6) is 1.36. The highest BCUT2D eigenvalue weighted by Gasteiger charge is 2.17. The second-order valence-corrected chi connectivity index (χ2v) is 5.39. The number of rotatable bonds is 2. The molecule has 2 N–H and O–H groups in total. The summed E-state index contributed by atoms with van der Waals surface area (Å²) in [7, 11) is 1.64. The smallest absolute Gasteiger partial charge is 0.181 e. The molecular weight excluding hydrogens is 262 g/mol. The lowest BCUT2D eigenvalue weighted by molar-refractivity contribution is 0.417. The number of methoxy groups -OCH3 is 1. The van der Waals surface area contributed by atoms with Gasteiger partial charge in [-0.1, -0.05) is 17.7 Å². The number of aryl methyl sites for hydroxylation is 3. The van der Waals surface area contributed by atoms with Crippen LogP contribution in [0.5, 0.6) is 5.75 Å². The van der Waals surface area contributed by atoms with Crippen molar-refractivity contribution in [1.29, 1.82) is 0 Å². The van der Waals surface area contributed by atoms with Crippen molar-refractivity contribution in [2.24, 2.45) is 0 Å². The summed E-state index contributed by atoms with van der Waals surface area (Å²) in [6, 6.07) is 8.11. The van der Waals surface area contributed by atoms with Gasteiger partial charge in [-0.2, -0.15) is 0 Å². The summed E-state index contributed by atoms with van der Waals surface area (Å²) in [5, 5.41) is 0. The minimum Gasteiger partial charge on any atom is -0.493 e. The van der Waals surface area contributed by atoms with Crippen LogP contribution in [0.2, 0.25) is 0 Å². The van der Waals surface area contributed by atoms with Gasteiger partial charge in [0.25, 0.3) is 0 Å². The lowest BCUT2D eigenvalue weighted by Crippen LogP contribution is -1.97. The van der Waals surface area contributed by atoms with Crippen molar-refractivity contribution in [3.8, 4) is 17.0 Å². The van der Waals surface area contributed by atoms with Gasteiger partial charge < -0.3 is 10.5 Å². The van der Waals surface area contributed by atoms with Crippen molar-refractivity contribution in [2.45, 2.75) is 20.8 Å². The van der Waals surface area contributed by atoms with E-state index in [4.69, 9.17) is 15.5 Å². The number of pyridine rings is 1. The molecule has 0 aliphatic carbocycles. The van der Waals surface area contributed by atoms with E-state index in [0.717, 1.165) is 22.7 Å². The number of hydrogen-bond acceptors (Lipinski definition) is 3. The minimum absolute atomic E-state index is 0.638. The highest BCUT2D eigenvalue weighted by Crippen LogP contribution is 2.34. The molecule has 0 saturated carbocycles. The van der Waals surface area contributed by atoms with Gasteiger partial charge in [-0.3, -0.25) is 4.40 Å². The molecule has 0 unspecified atom stereocenters. The largest absolute Gasteiger partial charge is 0.493 e. The molecular formula is C17H19N3O. The average molecular weight is 281 g/mol. The summed E-state index contributed by atoms with van der Waals surface area (Å²) in [4.78, 5) is 4.72. The Morgan fingerprint density at radius 1 is 1.14 bits per heavy atom. The number of hydrogen-bond donors (Lipinski definition) is 1. The molecule has 2 heterocycles. The number of nitrogen functional groups attached to an aromatic ring is 1. The zero-order valence-corrected chi connectivity index (χ0v) is 12.8. The van der Waals surface area contributed by atoms with Crippen LogP contribution < -0.4 is 10.5 Å². The van der Waals surface area contributed by atoms with E-state index in [-0.39, 0.29) is 0 Å². The predicted molar refractivity (Wildman–Crippen MR) is 85.8 cm³/mol. The molecule has 3 aromatic rings. The fourth-order valence-corrected chi connectivity index (χ4v) is 2.96. The molecule has 1 aromatic carbocycles. The first-order valence-corrected chi connectivity index (χ1v) is 6.91. The number of nitrogens with zero attached hydrogens (tertiary/aromatic N) is 2. The molecule has 0 aliphatic rings. The van der Waals surface area contributed by atoms with Crippen LogP contribution in [0, 0.1) is 20.8 Å². The number of imidazole rings is 1. The van der Waals surface area contributed by atoms with Crippen molar-refractivity contribution in [3.63, 3.8) is 0 Å². The van der Waals surface area contributed by atoms with E-state index in [1.807, 2.05) is 22.7 Å². The van der Waals surface area contributed by atoms with E-state index in [9.17, 15) is 0 Å². The monoisotopic (exact) mass is 281 g/mol. The molecule has 4 heteroatoms. The van der Waals surface area contributed by atoms with Gasteiger partial charge in [-0.15, -0.1) is 0 Å². The Balaban J connectivity index is 2.34. The number of nitrogens with two attached hydrogens (primary N) is 1. The number of ether oxygens (including phenoxy) is 1. The van der Waals surface area contributed by atoms with Crippen molar-refractivity contribution < 1.29 is 4.74 Å². The summed E-state index contributed by atoms with van der Waals surface area (Å²) in [6.45, 7) is 6.28. The lowest BCUT2D eigenvalue weighted by atomic mass is 9.97. The predicted octanol–water partition coefficient (Wildman–Crippen LogP) is 3.52. The van der Waals surface area contributed by atoms with E-state index < -0.39 is 0 Å². The standard InChI is InChI=1S/C17H19N3O/c1-10-8-11(2)14(12(3)9-10)15-16(18)20-7-5-6-13(21-4)17(20)19-15/h5-9H,18H2,1-4H3. The van der Waals surface area contributed by atoms with Gasteiger partial charge in [0.05, 0.1) is 7.11 Å². The van der Waals surface area contributed by atoms with Crippen molar-refractivity contribution >= 4 is 11.5 Å². The van der Waals surface area contributed by atoms with E-state index in [0.29, 0.717) is 5.82 Å². The van der Waals surface area contributed by atoms with Gasteiger partial charge in [0, 0.05) is 11.8 Å². The molecule has 2 aromatic heterocycles. The molecule has 3 rings (SSSR count). The van der Waals surface area contributed by atoms with Crippen LogP contribution in [0.3, 0.4) is 0 Å². The SMILES string of the molecule is COc1cccn2c(N)c(-c3c(C)cc(C)cc3C)nc12. The first kappa shape index (κ1) is 13.5.